The van der Waals surface area contributed by atoms with Gasteiger partial charge in [0, 0.05) is 5.69 Å². The third-order valence-corrected chi connectivity index (χ3v) is 4.85. The van der Waals surface area contributed by atoms with Crippen LogP contribution in [0.25, 0.3) is 0 Å². The second kappa shape index (κ2) is 7.50. The van der Waals surface area contributed by atoms with Gasteiger partial charge in [-0.25, -0.2) is 9.59 Å². The Labute approximate surface area is 157 Å². The van der Waals surface area contributed by atoms with Crippen molar-refractivity contribution in [2.75, 3.05) is 5.32 Å². The number of aromatic carboxylic acids is 2. The second-order valence-electron chi connectivity index (χ2n) is 5.72. The average Bonchev–Trinajstić information content (AvgIpc) is 2.90. The molecule has 1 heterocycles. The number of rotatable bonds is 6. The van der Waals surface area contributed by atoms with Gasteiger partial charge in [0.05, 0.1) is 17.7 Å². The van der Waals surface area contributed by atoms with E-state index in [4.69, 9.17) is 10.2 Å². The Balaban J connectivity index is 1.70. The first-order valence-electron chi connectivity index (χ1n) is 7.79. The molecule has 27 heavy (non-hydrogen) atoms. The van der Waals surface area contributed by atoms with E-state index in [2.05, 4.69) is 5.32 Å². The number of amides is 2. The summed E-state index contributed by atoms with van der Waals surface area (Å²) in [6.07, 6.45) is 0. The maximum absolute atomic E-state index is 12.5. The van der Waals surface area contributed by atoms with Gasteiger partial charge in [0.25, 0.3) is 11.1 Å². The molecule has 0 aromatic heterocycles. The van der Waals surface area contributed by atoms with E-state index in [1.807, 2.05) is 0 Å². The van der Waals surface area contributed by atoms with Crippen LogP contribution < -0.4 is 5.32 Å². The molecule has 0 spiro atoms. The first-order valence-corrected chi connectivity index (χ1v) is 8.67. The molecule has 0 aliphatic carbocycles. The molecule has 8 nitrogen and oxygen atoms in total. The number of carbonyl (C=O) groups is 4. The molecule has 2 amide bonds. The van der Waals surface area contributed by atoms with Crippen LogP contribution in [0.4, 0.5) is 10.5 Å². The molecule has 0 saturated carbocycles. The number of anilines is 1. The van der Waals surface area contributed by atoms with E-state index < -0.39 is 28.5 Å². The zero-order chi connectivity index (χ0) is 19.6. The molecule has 3 rings (SSSR count). The van der Waals surface area contributed by atoms with Crippen LogP contribution in [0.1, 0.15) is 26.3 Å². The van der Waals surface area contributed by atoms with Crippen molar-refractivity contribution in [1.82, 2.24) is 4.90 Å². The van der Waals surface area contributed by atoms with Gasteiger partial charge in [-0.1, -0.05) is 12.1 Å². The standard InChI is InChI=1S/C18H14N2O6S/c21-15-14(19-13-6-4-11(5-7-13)16(22)23)27-18(26)20(15)9-10-2-1-3-12(8-10)17(24)25/h1-8,14,19H,9H2,(H,22,23)(H,24,25). The molecule has 1 aliphatic rings. The first-order chi connectivity index (χ1) is 12.8. The molecule has 9 heteroatoms. The van der Waals surface area contributed by atoms with Gasteiger partial charge in [-0.15, -0.1) is 0 Å². The van der Waals surface area contributed by atoms with Crippen LogP contribution in [0.15, 0.2) is 48.5 Å². The molecule has 1 atom stereocenters. The number of nitrogens with zero attached hydrogens (tertiary/aromatic N) is 1. The van der Waals surface area contributed by atoms with Crippen molar-refractivity contribution in [3.8, 4) is 0 Å². The van der Waals surface area contributed by atoms with Crippen LogP contribution in [-0.2, 0) is 11.3 Å². The maximum Gasteiger partial charge on any atom is 0.335 e. The molecule has 1 saturated heterocycles. The molecule has 1 unspecified atom stereocenters. The lowest BCUT2D eigenvalue weighted by molar-refractivity contribution is -0.126. The molecule has 2 aromatic rings. The van der Waals surface area contributed by atoms with Crippen molar-refractivity contribution in [2.24, 2.45) is 0 Å². The molecule has 138 valence electrons. The van der Waals surface area contributed by atoms with Gasteiger partial charge in [0.2, 0.25) is 0 Å². The smallest absolute Gasteiger partial charge is 0.335 e. The Hall–Kier alpha value is -3.33. The summed E-state index contributed by atoms with van der Waals surface area (Å²) >= 11 is 0.811. The number of thioether (sulfide) groups is 1. The Morgan fingerprint density at radius 2 is 1.67 bits per heavy atom. The lowest BCUT2D eigenvalue weighted by Gasteiger charge is -2.15. The lowest BCUT2D eigenvalue weighted by Crippen LogP contribution is -2.34. The molecule has 0 bridgehead atoms. The fourth-order valence-corrected chi connectivity index (χ4v) is 3.43. The molecular weight excluding hydrogens is 372 g/mol. The van der Waals surface area contributed by atoms with E-state index >= 15 is 0 Å². The summed E-state index contributed by atoms with van der Waals surface area (Å²) in [7, 11) is 0. The van der Waals surface area contributed by atoms with E-state index in [0.717, 1.165) is 16.7 Å². The predicted octanol–water partition coefficient (Wildman–Crippen LogP) is 2.72. The summed E-state index contributed by atoms with van der Waals surface area (Å²) < 4.78 is 0. The summed E-state index contributed by atoms with van der Waals surface area (Å²) in [4.78, 5) is 47.7. The molecule has 0 radical (unpaired) electrons. The van der Waals surface area contributed by atoms with Crippen molar-refractivity contribution in [1.29, 1.82) is 0 Å². The number of carboxylic acid groups (broad SMARTS) is 2. The van der Waals surface area contributed by atoms with Crippen LogP contribution in [0.3, 0.4) is 0 Å². The summed E-state index contributed by atoms with van der Waals surface area (Å²) in [5.41, 5.74) is 1.23. The van der Waals surface area contributed by atoms with Crippen molar-refractivity contribution in [2.45, 2.75) is 11.9 Å². The lowest BCUT2D eigenvalue weighted by atomic mass is 10.1. The van der Waals surface area contributed by atoms with Crippen molar-refractivity contribution in [3.05, 3.63) is 65.2 Å². The highest BCUT2D eigenvalue weighted by Gasteiger charge is 2.39. The number of hydrogen-bond acceptors (Lipinski definition) is 6. The Morgan fingerprint density at radius 1 is 1.00 bits per heavy atom. The van der Waals surface area contributed by atoms with Crippen molar-refractivity contribution in [3.63, 3.8) is 0 Å². The monoisotopic (exact) mass is 386 g/mol. The predicted molar refractivity (Wildman–Crippen MR) is 97.8 cm³/mol. The normalized spacial score (nSPS) is 16.4. The maximum atomic E-state index is 12.5. The van der Waals surface area contributed by atoms with Gasteiger partial charge in [-0.2, -0.15) is 0 Å². The fourth-order valence-electron chi connectivity index (χ4n) is 2.53. The van der Waals surface area contributed by atoms with Gasteiger partial charge in [0.1, 0.15) is 0 Å². The summed E-state index contributed by atoms with van der Waals surface area (Å²) in [5.74, 6) is -2.60. The van der Waals surface area contributed by atoms with Gasteiger partial charge < -0.3 is 15.5 Å². The number of imide groups is 1. The van der Waals surface area contributed by atoms with Crippen LogP contribution in [-0.4, -0.2) is 43.6 Å². The molecule has 3 N–H and O–H groups in total. The second-order valence-corrected chi connectivity index (χ2v) is 6.78. The number of hydrogen-bond donors (Lipinski definition) is 3. The van der Waals surface area contributed by atoms with Crippen molar-refractivity contribution < 1.29 is 29.4 Å². The van der Waals surface area contributed by atoms with Gasteiger partial charge >= 0.3 is 11.9 Å². The van der Waals surface area contributed by atoms with Gasteiger partial charge in [-0.05, 0) is 53.7 Å². The molecule has 1 aliphatic heterocycles. The Morgan fingerprint density at radius 3 is 2.30 bits per heavy atom. The largest absolute Gasteiger partial charge is 0.478 e. The Kier molecular flexibility index (Phi) is 5.13. The quantitative estimate of drug-likeness (QED) is 0.692. The van der Waals surface area contributed by atoms with Crippen LogP contribution in [0.5, 0.6) is 0 Å². The zero-order valence-corrected chi connectivity index (χ0v) is 14.6. The topological polar surface area (TPSA) is 124 Å². The zero-order valence-electron chi connectivity index (χ0n) is 13.8. The molecule has 2 aromatic carbocycles. The van der Waals surface area contributed by atoms with E-state index in [1.165, 1.54) is 36.4 Å². The molecular formula is C18H14N2O6S. The summed E-state index contributed by atoms with van der Waals surface area (Å²) in [5, 5.41) is 19.5. The highest BCUT2D eigenvalue weighted by atomic mass is 32.2. The van der Waals surface area contributed by atoms with E-state index in [1.54, 1.807) is 12.1 Å². The van der Waals surface area contributed by atoms with Crippen molar-refractivity contribution >= 4 is 40.5 Å². The average molecular weight is 386 g/mol. The minimum absolute atomic E-state index is 0.0259. The van der Waals surface area contributed by atoms with Crippen LogP contribution in [0, 0.1) is 0 Å². The first kappa shape index (κ1) is 18.5. The van der Waals surface area contributed by atoms with Gasteiger partial charge in [0.15, 0.2) is 5.37 Å². The van der Waals surface area contributed by atoms with Crippen LogP contribution in [0.2, 0.25) is 0 Å². The highest BCUT2D eigenvalue weighted by Crippen LogP contribution is 2.29. The molecule has 1 fully saturated rings. The van der Waals surface area contributed by atoms with E-state index in [-0.39, 0.29) is 17.7 Å². The van der Waals surface area contributed by atoms with E-state index in [9.17, 15) is 19.2 Å². The highest BCUT2D eigenvalue weighted by molar-refractivity contribution is 8.15. The third kappa shape index (κ3) is 4.09. The number of benzene rings is 2. The fraction of sp³-hybridized carbons (Fsp3) is 0.111. The SMILES string of the molecule is O=C(O)c1ccc(NC2SC(=O)N(Cc3cccc(C(=O)O)c3)C2=O)cc1. The minimum atomic E-state index is -1.09. The minimum Gasteiger partial charge on any atom is -0.478 e. The van der Waals surface area contributed by atoms with Gasteiger partial charge in [-0.3, -0.25) is 14.5 Å². The number of carbonyl (C=O) groups excluding carboxylic acids is 2. The third-order valence-electron chi connectivity index (χ3n) is 3.87. The Bertz CT molecular complexity index is 928. The van der Waals surface area contributed by atoms with Crippen LogP contribution >= 0.6 is 11.8 Å². The number of nitrogens with one attached hydrogen (secondary N) is 1. The van der Waals surface area contributed by atoms with E-state index in [0.29, 0.717) is 11.3 Å². The summed E-state index contributed by atoms with van der Waals surface area (Å²) in [6.45, 7) is -0.0259. The number of carboxylic acids is 2. The summed E-state index contributed by atoms with van der Waals surface area (Å²) in [6, 6.07) is 11.9.